The van der Waals surface area contributed by atoms with E-state index in [1.165, 1.54) is 16.7 Å². The highest BCUT2D eigenvalue weighted by Crippen LogP contribution is 2.16. The van der Waals surface area contributed by atoms with Gasteiger partial charge in [-0.15, -0.1) is 0 Å². The molecule has 0 unspecified atom stereocenters. The molecule has 4 aromatic heterocycles. The van der Waals surface area contributed by atoms with Gasteiger partial charge in [0.1, 0.15) is 6.29 Å². The van der Waals surface area contributed by atoms with Gasteiger partial charge in [-0.25, -0.2) is 0 Å². The van der Waals surface area contributed by atoms with Gasteiger partial charge in [0.05, 0.1) is 48.4 Å². The highest BCUT2D eigenvalue weighted by atomic mass is 16.7. The summed E-state index contributed by atoms with van der Waals surface area (Å²) in [7, 11) is 0. The lowest BCUT2D eigenvalue weighted by molar-refractivity contribution is -0.193. The predicted molar refractivity (Wildman–Crippen MR) is 162 cm³/mol. The molecule has 1 saturated heterocycles. The summed E-state index contributed by atoms with van der Waals surface area (Å²) in [5.74, 6) is 0. The Kier molecular flexibility index (Phi) is 15.6. The Morgan fingerprint density at radius 3 is 1.67 bits per heavy atom. The van der Waals surface area contributed by atoms with Gasteiger partial charge >= 0.3 is 12.3 Å². The van der Waals surface area contributed by atoms with E-state index in [4.69, 9.17) is 28.7 Å². The molecule has 1 aliphatic heterocycles. The molecule has 0 spiro atoms. The molecule has 13 nitrogen and oxygen atoms in total. The second-order valence-corrected chi connectivity index (χ2v) is 9.04. The molecular formula is C32H32N4O9. The van der Waals surface area contributed by atoms with Gasteiger partial charge in [0, 0.05) is 24.5 Å². The minimum atomic E-state index is -0.358. The number of nitrogens with zero attached hydrogens (tertiary/aromatic N) is 4. The Morgan fingerprint density at radius 2 is 1.22 bits per heavy atom. The van der Waals surface area contributed by atoms with E-state index in [0.29, 0.717) is 30.8 Å². The van der Waals surface area contributed by atoms with Crippen LogP contribution in [0, 0.1) is 0 Å². The van der Waals surface area contributed by atoms with E-state index < -0.39 is 0 Å². The molecule has 1 fully saturated rings. The number of rotatable bonds is 8. The summed E-state index contributed by atoms with van der Waals surface area (Å²) in [5.41, 5.74) is 4.65. The number of hydrogen-bond acceptors (Lipinski definition) is 11. The molecule has 5 heterocycles. The third-order valence-electron chi connectivity index (χ3n) is 6.09. The molecule has 45 heavy (non-hydrogen) atoms. The second-order valence-electron chi connectivity index (χ2n) is 9.04. The number of carbonyl (C=O) groups excluding carboxylic acids is 5. The van der Waals surface area contributed by atoms with Crippen LogP contribution in [0.1, 0.15) is 37.8 Å². The van der Waals surface area contributed by atoms with Crippen molar-refractivity contribution in [3.8, 4) is 0 Å². The van der Waals surface area contributed by atoms with Gasteiger partial charge in [0.15, 0.2) is 6.29 Å². The summed E-state index contributed by atoms with van der Waals surface area (Å²) < 4.78 is 14.0. The molecule has 5 rings (SSSR count). The highest BCUT2D eigenvalue weighted by Gasteiger charge is 2.18. The lowest BCUT2D eigenvalue weighted by Crippen LogP contribution is -2.27. The maximum absolute atomic E-state index is 12.2. The molecule has 0 radical (unpaired) electrons. The Hall–Kier alpha value is -5.45. The van der Waals surface area contributed by atoms with Gasteiger partial charge in [0.25, 0.3) is 11.1 Å². The monoisotopic (exact) mass is 616 g/mol. The standard InChI is InChI=1S/C16H18N2O3.C14H14N2O2.2CO2/c1-2-3-4-12-9-14-13(17-10-12)5-6-15(19)18(14)11-16-20-7-8-21-16;1-2-3-4-11-9-13-12(15-10-11)5-6-14(18)16(13)7-8-17;2*2-1-3/h3-6,9-10,16H,2,7-8,11H2,1H3;3-6,8-10H,2,7H2,1H3;;/b2*4-3+;;. The predicted octanol–water partition coefficient (Wildman–Crippen LogP) is 3.04. The highest BCUT2D eigenvalue weighted by molar-refractivity contribution is 5.78. The number of fused-ring (bicyclic) bond motifs is 2. The fourth-order valence-corrected chi connectivity index (χ4v) is 4.17. The van der Waals surface area contributed by atoms with E-state index in [0.717, 1.165) is 41.3 Å². The molecule has 0 atom stereocenters. The van der Waals surface area contributed by atoms with Crippen LogP contribution >= 0.6 is 0 Å². The molecule has 0 saturated carbocycles. The molecule has 0 amide bonds. The van der Waals surface area contributed by atoms with Gasteiger partial charge in [-0.3, -0.25) is 24.1 Å². The quantitative estimate of drug-likeness (QED) is 0.266. The Bertz CT molecular complexity index is 1800. The smallest absolute Gasteiger partial charge is 0.348 e. The molecule has 13 heteroatoms. The summed E-state index contributed by atoms with van der Waals surface area (Å²) >= 11 is 0. The molecule has 0 aliphatic carbocycles. The number of carbonyl (C=O) groups is 1. The first kappa shape index (κ1) is 35.7. The number of aldehydes is 1. The summed E-state index contributed by atoms with van der Waals surface area (Å²) in [6.45, 7) is 5.72. The second kappa shape index (κ2) is 19.7. The number of aromatic nitrogens is 4. The van der Waals surface area contributed by atoms with Crippen LogP contribution in [0.2, 0.25) is 0 Å². The molecular weight excluding hydrogens is 584 g/mol. The average Bonchev–Trinajstić information content (AvgIpc) is 3.56. The largest absolute Gasteiger partial charge is 0.373 e. The molecule has 4 aromatic rings. The van der Waals surface area contributed by atoms with Crippen molar-refractivity contribution in [2.24, 2.45) is 0 Å². The van der Waals surface area contributed by atoms with E-state index in [2.05, 4.69) is 23.0 Å². The molecule has 1 aliphatic rings. The zero-order valence-corrected chi connectivity index (χ0v) is 24.8. The lowest BCUT2D eigenvalue weighted by atomic mass is 10.2. The van der Waals surface area contributed by atoms with Crippen LogP contribution in [0.4, 0.5) is 0 Å². The summed E-state index contributed by atoms with van der Waals surface area (Å²) in [6, 6.07) is 10.2. The van der Waals surface area contributed by atoms with Crippen molar-refractivity contribution >= 4 is 52.8 Å². The SMILES string of the molecule is CC/C=C/c1cnc2ccc(=O)n(CC3OCCO3)c2c1.CC/C=C/c1cnc2ccc(=O)n(CC=O)c2c1.O=C=O.O=C=O. The summed E-state index contributed by atoms with van der Waals surface area (Å²) in [6.07, 6.45) is 14.4. The first-order chi connectivity index (χ1) is 21.9. The van der Waals surface area contributed by atoms with E-state index in [1.807, 2.05) is 43.5 Å². The van der Waals surface area contributed by atoms with Crippen LogP contribution in [0.5, 0.6) is 0 Å². The van der Waals surface area contributed by atoms with Crippen LogP contribution in [-0.4, -0.2) is 57.2 Å². The lowest BCUT2D eigenvalue weighted by Gasteiger charge is -2.14. The average molecular weight is 617 g/mol. The number of allylic oxidation sites excluding steroid dienone is 2. The minimum Gasteiger partial charge on any atom is -0.348 e. The van der Waals surface area contributed by atoms with Crippen molar-refractivity contribution in [2.75, 3.05) is 13.2 Å². The van der Waals surface area contributed by atoms with Crippen molar-refractivity contribution in [2.45, 2.75) is 46.1 Å². The van der Waals surface area contributed by atoms with Crippen molar-refractivity contribution in [3.05, 3.63) is 92.8 Å². The number of hydrogen-bond donors (Lipinski definition) is 0. The minimum absolute atomic E-state index is 0.0544. The summed E-state index contributed by atoms with van der Waals surface area (Å²) in [4.78, 5) is 75.7. The Morgan fingerprint density at radius 1 is 0.778 bits per heavy atom. The van der Waals surface area contributed by atoms with Crippen molar-refractivity contribution in [1.29, 1.82) is 0 Å². The van der Waals surface area contributed by atoms with Gasteiger partial charge < -0.3 is 18.8 Å². The molecule has 0 N–H and O–H groups in total. The van der Waals surface area contributed by atoms with Crippen LogP contribution in [0.3, 0.4) is 0 Å². The number of pyridine rings is 4. The Balaban J connectivity index is 0.000000269. The Labute approximate surface area is 257 Å². The first-order valence-electron chi connectivity index (χ1n) is 13.8. The van der Waals surface area contributed by atoms with Crippen molar-refractivity contribution in [1.82, 2.24) is 19.1 Å². The van der Waals surface area contributed by atoms with Gasteiger partial charge in [-0.2, -0.15) is 19.2 Å². The van der Waals surface area contributed by atoms with Gasteiger partial charge in [0.2, 0.25) is 0 Å². The summed E-state index contributed by atoms with van der Waals surface area (Å²) in [5, 5.41) is 0. The first-order valence-corrected chi connectivity index (χ1v) is 13.8. The third-order valence-corrected chi connectivity index (χ3v) is 6.09. The fourth-order valence-electron chi connectivity index (χ4n) is 4.17. The van der Waals surface area contributed by atoms with Gasteiger partial charge in [-0.05, 0) is 48.2 Å². The van der Waals surface area contributed by atoms with E-state index >= 15 is 0 Å². The maximum Gasteiger partial charge on any atom is 0.373 e. The fraction of sp³-hybridized carbons (Fsp3) is 0.281. The zero-order valence-electron chi connectivity index (χ0n) is 24.8. The van der Waals surface area contributed by atoms with Crippen LogP contribution in [0.25, 0.3) is 34.2 Å². The topological polar surface area (TPSA) is 174 Å². The van der Waals surface area contributed by atoms with E-state index in [9.17, 15) is 14.4 Å². The van der Waals surface area contributed by atoms with Crippen LogP contribution < -0.4 is 11.1 Å². The van der Waals surface area contributed by atoms with Crippen molar-refractivity contribution in [3.63, 3.8) is 0 Å². The van der Waals surface area contributed by atoms with Crippen molar-refractivity contribution < 1.29 is 33.4 Å². The third kappa shape index (κ3) is 11.0. The van der Waals surface area contributed by atoms with E-state index in [1.54, 1.807) is 22.9 Å². The normalized spacial score (nSPS) is 12.4. The molecule has 0 aromatic carbocycles. The number of ether oxygens (including phenoxy) is 2. The van der Waals surface area contributed by atoms with E-state index in [-0.39, 0.29) is 36.3 Å². The molecule has 0 bridgehead atoms. The molecule has 234 valence electrons. The van der Waals surface area contributed by atoms with Gasteiger partial charge in [-0.1, -0.05) is 38.2 Å². The zero-order chi connectivity index (χ0) is 33.0. The van der Waals surface area contributed by atoms with Crippen LogP contribution in [0.15, 0.2) is 70.5 Å². The van der Waals surface area contributed by atoms with Crippen LogP contribution in [-0.2, 0) is 46.5 Å². The maximum atomic E-state index is 12.2.